The van der Waals surface area contributed by atoms with E-state index in [2.05, 4.69) is 73.1 Å². The fourth-order valence-corrected chi connectivity index (χ4v) is 5.43. The number of hydrogen-bond donors (Lipinski definition) is 2. The minimum absolute atomic E-state index is 0.0236. The predicted octanol–water partition coefficient (Wildman–Crippen LogP) is 4.04. The van der Waals surface area contributed by atoms with Crippen molar-refractivity contribution in [1.82, 2.24) is 24.6 Å². The number of nitrogens with zero attached hydrogens (tertiary/aromatic N) is 5. The molecule has 2 aliphatic rings. The summed E-state index contributed by atoms with van der Waals surface area (Å²) in [6.07, 6.45) is 3.61. The molecule has 35 heavy (non-hydrogen) atoms. The standard InChI is InChI=1S/C27H38N6O2/c1-17-11-19-14-28-25(30-24-13-22(26(2,3)4)31-32(24)6)29-21(19)12-20(17)18-7-9-33(10-8-18)27(5)16-35-15-23(27)34/h11-14,18,23,34H,7-10,15-16H2,1-6H3,(H,28,29,30)/t23?,27-/m1/s1. The molecule has 0 amide bonds. The fourth-order valence-electron chi connectivity index (χ4n) is 5.43. The number of likely N-dealkylation sites (tertiary alicyclic amines) is 1. The summed E-state index contributed by atoms with van der Waals surface area (Å²) in [7, 11) is 1.93. The van der Waals surface area contributed by atoms with Crippen molar-refractivity contribution in [2.24, 2.45) is 7.05 Å². The molecule has 2 fully saturated rings. The molecule has 0 aliphatic carbocycles. The second-order valence-corrected chi connectivity index (χ2v) is 11.5. The Bertz CT molecular complexity index is 1220. The maximum atomic E-state index is 10.4. The van der Waals surface area contributed by atoms with Crippen LogP contribution in [0, 0.1) is 6.92 Å². The van der Waals surface area contributed by atoms with Crippen molar-refractivity contribution in [1.29, 1.82) is 0 Å². The fraction of sp³-hybridized carbons (Fsp3) is 0.593. The van der Waals surface area contributed by atoms with Crippen LogP contribution in [0.1, 0.15) is 63.3 Å². The van der Waals surface area contributed by atoms with Crippen LogP contribution in [0.15, 0.2) is 24.4 Å². The average Bonchev–Trinajstić information content (AvgIpc) is 3.36. The van der Waals surface area contributed by atoms with Gasteiger partial charge in [0.25, 0.3) is 0 Å². The van der Waals surface area contributed by atoms with Crippen molar-refractivity contribution in [2.45, 2.75) is 70.4 Å². The van der Waals surface area contributed by atoms with E-state index in [4.69, 9.17) is 9.72 Å². The molecular weight excluding hydrogens is 440 g/mol. The molecule has 4 heterocycles. The summed E-state index contributed by atoms with van der Waals surface area (Å²) in [6, 6.07) is 6.52. The first-order valence-electron chi connectivity index (χ1n) is 12.6. The van der Waals surface area contributed by atoms with Crippen molar-refractivity contribution in [3.05, 3.63) is 41.2 Å². The highest BCUT2D eigenvalue weighted by Gasteiger charge is 2.44. The van der Waals surface area contributed by atoms with Crippen LogP contribution >= 0.6 is 0 Å². The van der Waals surface area contributed by atoms with E-state index in [0.29, 0.717) is 25.1 Å². The Morgan fingerprint density at radius 2 is 1.91 bits per heavy atom. The van der Waals surface area contributed by atoms with E-state index < -0.39 is 6.10 Å². The largest absolute Gasteiger partial charge is 0.389 e. The van der Waals surface area contributed by atoms with Gasteiger partial charge in [-0.15, -0.1) is 0 Å². The molecule has 8 heteroatoms. The van der Waals surface area contributed by atoms with Gasteiger partial charge in [0.05, 0.1) is 36.1 Å². The summed E-state index contributed by atoms with van der Waals surface area (Å²) in [5, 5.41) is 19.5. The normalized spacial score (nSPS) is 24.4. The maximum absolute atomic E-state index is 10.4. The first-order chi connectivity index (χ1) is 16.5. The molecule has 5 rings (SSSR count). The lowest BCUT2D eigenvalue weighted by atomic mass is 9.84. The van der Waals surface area contributed by atoms with E-state index in [-0.39, 0.29) is 11.0 Å². The zero-order chi connectivity index (χ0) is 25.0. The van der Waals surface area contributed by atoms with Crippen LogP contribution in [0.25, 0.3) is 10.9 Å². The monoisotopic (exact) mass is 478 g/mol. The van der Waals surface area contributed by atoms with E-state index in [1.54, 1.807) is 0 Å². The van der Waals surface area contributed by atoms with E-state index >= 15 is 0 Å². The molecule has 8 nitrogen and oxygen atoms in total. The average molecular weight is 479 g/mol. The number of aliphatic hydroxyl groups excluding tert-OH is 1. The van der Waals surface area contributed by atoms with Gasteiger partial charge in [0.2, 0.25) is 5.95 Å². The highest BCUT2D eigenvalue weighted by Crippen LogP contribution is 2.37. The first-order valence-corrected chi connectivity index (χ1v) is 12.6. The third-order valence-electron chi connectivity index (χ3n) is 7.90. The van der Waals surface area contributed by atoms with Crippen LogP contribution in [-0.4, -0.2) is 67.7 Å². The van der Waals surface area contributed by atoms with Crippen molar-refractivity contribution in [3.8, 4) is 0 Å². The van der Waals surface area contributed by atoms with Gasteiger partial charge >= 0.3 is 0 Å². The molecule has 0 saturated carbocycles. The Kier molecular flexibility index (Phi) is 6.10. The van der Waals surface area contributed by atoms with Gasteiger partial charge in [-0.2, -0.15) is 5.10 Å². The van der Waals surface area contributed by atoms with Crippen LogP contribution in [0.4, 0.5) is 11.8 Å². The molecular formula is C27H38N6O2. The Labute approximate surface area is 207 Å². The molecule has 2 aliphatic heterocycles. The lowest BCUT2D eigenvalue weighted by Crippen LogP contribution is -2.56. The topological polar surface area (TPSA) is 88.3 Å². The number of benzene rings is 1. The highest BCUT2D eigenvalue weighted by atomic mass is 16.5. The quantitative estimate of drug-likeness (QED) is 0.585. The maximum Gasteiger partial charge on any atom is 0.228 e. The van der Waals surface area contributed by atoms with E-state index in [9.17, 15) is 5.11 Å². The van der Waals surface area contributed by atoms with Crippen molar-refractivity contribution >= 4 is 22.7 Å². The van der Waals surface area contributed by atoms with Crippen molar-refractivity contribution in [3.63, 3.8) is 0 Å². The Hall–Kier alpha value is -2.55. The zero-order valence-electron chi connectivity index (χ0n) is 21.8. The van der Waals surface area contributed by atoms with Crippen LogP contribution in [0.3, 0.4) is 0 Å². The van der Waals surface area contributed by atoms with E-state index in [0.717, 1.165) is 48.3 Å². The molecule has 3 aromatic rings. The Morgan fingerprint density at radius 1 is 1.17 bits per heavy atom. The number of anilines is 2. The van der Waals surface area contributed by atoms with Gasteiger partial charge in [0.1, 0.15) is 5.82 Å². The number of aliphatic hydroxyl groups is 1. The lowest BCUT2D eigenvalue weighted by Gasteiger charge is -2.43. The number of fused-ring (bicyclic) bond motifs is 1. The molecule has 0 radical (unpaired) electrons. The summed E-state index contributed by atoms with van der Waals surface area (Å²) in [4.78, 5) is 11.8. The lowest BCUT2D eigenvalue weighted by molar-refractivity contribution is -0.00214. The van der Waals surface area contributed by atoms with E-state index in [1.165, 1.54) is 11.1 Å². The van der Waals surface area contributed by atoms with Crippen molar-refractivity contribution in [2.75, 3.05) is 31.6 Å². The number of hydrogen-bond acceptors (Lipinski definition) is 7. The summed E-state index contributed by atoms with van der Waals surface area (Å²) in [5.41, 5.74) is 4.34. The molecule has 0 spiro atoms. The molecule has 188 valence electrons. The summed E-state index contributed by atoms with van der Waals surface area (Å²) in [6.45, 7) is 13.8. The minimum atomic E-state index is -0.414. The van der Waals surface area contributed by atoms with Gasteiger partial charge < -0.3 is 15.2 Å². The van der Waals surface area contributed by atoms with Crippen molar-refractivity contribution < 1.29 is 9.84 Å². The molecule has 1 aromatic carbocycles. The molecule has 2 N–H and O–H groups in total. The summed E-state index contributed by atoms with van der Waals surface area (Å²) in [5.74, 6) is 1.94. The third kappa shape index (κ3) is 4.55. The second kappa shape index (κ2) is 8.84. The molecule has 2 saturated heterocycles. The van der Waals surface area contributed by atoms with Crippen LogP contribution in [-0.2, 0) is 17.2 Å². The Morgan fingerprint density at radius 3 is 2.54 bits per heavy atom. The van der Waals surface area contributed by atoms with Gasteiger partial charge in [-0.1, -0.05) is 20.8 Å². The predicted molar refractivity (Wildman–Crippen MR) is 138 cm³/mol. The Balaban J connectivity index is 1.35. The molecule has 2 atom stereocenters. The third-order valence-corrected chi connectivity index (χ3v) is 7.90. The van der Waals surface area contributed by atoms with Gasteiger partial charge in [0, 0.05) is 30.1 Å². The molecule has 0 bridgehead atoms. The number of rotatable bonds is 4. The van der Waals surface area contributed by atoms with Gasteiger partial charge in [-0.25, -0.2) is 9.97 Å². The number of piperidine rings is 1. The number of aryl methyl sites for hydroxylation is 2. The van der Waals surface area contributed by atoms with Gasteiger partial charge in [-0.05, 0) is 69.0 Å². The highest BCUT2D eigenvalue weighted by molar-refractivity contribution is 5.81. The SMILES string of the molecule is Cc1cc2cnc(Nc3cc(C(C)(C)C)nn3C)nc2cc1C1CCN([C@]2(C)COCC2O)CC1. The van der Waals surface area contributed by atoms with Gasteiger partial charge in [-0.3, -0.25) is 9.58 Å². The summed E-state index contributed by atoms with van der Waals surface area (Å²) < 4.78 is 7.41. The number of ether oxygens (including phenoxy) is 1. The number of nitrogens with one attached hydrogen (secondary N) is 1. The zero-order valence-corrected chi connectivity index (χ0v) is 21.8. The van der Waals surface area contributed by atoms with Gasteiger partial charge in [0.15, 0.2) is 0 Å². The van der Waals surface area contributed by atoms with Crippen LogP contribution in [0.5, 0.6) is 0 Å². The second-order valence-electron chi connectivity index (χ2n) is 11.5. The molecule has 2 aromatic heterocycles. The van der Waals surface area contributed by atoms with Crippen LogP contribution in [0.2, 0.25) is 0 Å². The van der Waals surface area contributed by atoms with Crippen LogP contribution < -0.4 is 5.32 Å². The molecule has 1 unspecified atom stereocenters. The number of aromatic nitrogens is 4. The van der Waals surface area contributed by atoms with E-state index in [1.807, 2.05) is 17.9 Å². The smallest absolute Gasteiger partial charge is 0.228 e. The minimum Gasteiger partial charge on any atom is -0.389 e. The first kappa shape index (κ1) is 24.2. The summed E-state index contributed by atoms with van der Waals surface area (Å²) >= 11 is 0.